The molecule has 0 spiro atoms. The lowest BCUT2D eigenvalue weighted by Gasteiger charge is -2.18. The van der Waals surface area contributed by atoms with Crippen LogP contribution in [-0.4, -0.2) is 48.8 Å². The molecule has 0 fully saturated rings. The number of nitrogens with zero attached hydrogens (tertiary/aromatic N) is 1. The van der Waals surface area contributed by atoms with Crippen LogP contribution in [0.4, 0.5) is 0 Å². The molecule has 2 nitrogen and oxygen atoms in total. The van der Waals surface area contributed by atoms with Crippen molar-refractivity contribution < 1.29 is 4.74 Å². The molecule has 0 heterocycles. The third-order valence-corrected chi connectivity index (χ3v) is 4.57. The Labute approximate surface area is 128 Å². The molecular formula is C13H29NOS3. The highest BCUT2D eigenvalue weighted by molar-refractivity contribution is 8.68. The molecule has 2 atom stereocenters. The monoisotopic (exact) mass is 311 g/mol. The molecule has 0 aromatic rings. The molecular weight excluding hydrogens is 282 g/mol. The Morgan fingerprint density at radius 1 is 1.17 bits per heavy atom. The standard InChI is InChI=1S/C13H29NOS3/c1-12(16)11-14(3)8-6-10-15-9-5-4-7-13(2)18-17/h12-13,16-17H,4-11H2,1-3H3/t12-,13?/m0/s1. The van der Waals surface area contributed by atoms with E-state index in [0.29, 0.717) is 10.5 Å². The highest BCUT2D eigenvalue weighted by Gasteiger charge is 2.02. The van der Waals surface area contributed by atoms with E-state index in [1.807, 2.05) is 0 Å². The molecule has 110 valence electrons. The van der Waals surface area contributed by atoms with Crippen LogP contribution >= 0.6 is 35.1 Å². The molecule has 0 aliphatic heterocycles. The van der Waals surface area contributed by atoms with Gasteiger partial charge in [0.1, 0.15) is 0 Å². The maximum Gasteiger partial charge on any atom is 0.0478 e. The summed E-state index contributed by atoms with van der Waals surface area (Å²) < 4.78 is 5.63. The predicted molar refractivity (Wildman–Crippen MR) is 91.3 cm³/mol. The number of thiol groups is 2. The summed E-state index contributed by atoms with van der Waals surface area (Å²) in [6.45, 7) is 8.26. The summed E-state index contributed by atoms with van der Waals surface area (Å²) in [5, 5.41) is 1.10. The average molecular weight is 312 g/mol. The Morgan fingerprint density at radius 2 is 1.83 bits per heavy atom. The van der Waals surface area contributed by atoms with E-state index < -0.39 is 0 Å². The van der Waals surface area contributed by atoms with Crippen molar-refractivity contribution in [1.82, 2.24) is 4.90 Å². The van der Waals surface area contributed by atoms with Crippen molar-refractivity contribution in [2.75, 3.05) is 33.4 Å². The highest BCUT2D eigenvalue weighted by Crippen LogP contribution is 2.19. The lowest BCUT2D eigenvalue weighted by Crippen LogP contribution is -2.26. The fourth-order valence-corrected chi connectivity index (χ4v) is 2.64. The van der Waals surface area contributed by atoms with Crippen LogP contribution in [0.2, 0.25) is 0 Å². The lowest BCUT2D eigenvalue weighted by atomic mass is 10.2. The fraction of sp³-hybridized carbons (Fsp3) is 1.00. The van der Waals surface area contributed by atoms with Gasteiger partial charge in [0.25, 0.3) is 0 Å². The molecule has 0 bridgehead atoms. The Bertz CT molecular complexity index is 182. The normalized spacial score (nSPS) is 15.0. The van der Waals surface area contributed by atoms with Crippen molar-refractivity contribution in [3.8, 4) is 0 Å². The minimum absolute atomic E-state index is 0.447. The van der Waals surface area contributed by atoms with Gasteiger partial charge in [-0.05, 0) is 26.3 Å². The summed E-state index contributed by atoms with van der Waals surface area (Å²) in [5.41, 5.74) is 0. The van der Waals surface area contributed by atoms with E-state index in [1.165, 1.54) is 19.3 Å². The van der Waals surface area contributed by atoms with Gasteiger partial charge in [-0.1, -0.05) is 31.1 Å². The number of hydrogen-bond donors (Lipinski definition) is 2. The van der Waals surface area contributed by atoms with Crippen LogP contribution in [0, 0.1) is 0 Å². The molecule has 0 aromatic heterocycles. The largest absolute Gasteiger partial charge is 0.381 e. The quantitative estimate of drug-likeness (QED) is 0.323. The van der Waals surface area contributed by atoms with Gasteiger partial charge in [-0.3, -0.25) is 0 Å². The van der Waals surface area contributed by atoms with Gasteiger partial charge in [-0.25, -0.2) is 0 Å². The van der Waals surface area contributed by atoms with Crippen molar-refractivity contribution in [1.29, 1.82) is 0 Å². The van der Waals surface area contributed by atoms with Crippen LogP contribution in [0.3, 0.4) is 0 Å². The molecule has 0 aliphatic carbocycles. The van der Waals surface area contributed by atoms with Gasteiger partial charge in [-0.15, -0.1) is 11.7 Å². The second kappa shape index (κ2) is 13.0. The molecule has 0 saturated carbocycles. The predicted octanol–water partition coefficient (Wildman–Crippen LogP) is 3.78. The zero-order valence-corrected chi connectivity index (χ0v) is 14.6. The van der Waals surface area contributed by atoms with Gasteiger partial charge < -0.3 is 9.64 Å². The van der Waals surface area contributed by atoms with Gasteiger partial charge in [-0.2, -0.15) is 12.6 Å². The Kier molecular flexibility index (Phi) is 13.7. The first-order chi connectivity index (χ1) is 8.56. The van der Waals surface area contributed by atoms with Gasteiger partial charge in [0.15, 0.2) is 0 Å². The van der Waals surface area contributed by atoms with Crippen molar-refractivity contribution in [3.63, 3.8) is 0 Å². The molecule has 0 N–H and O–H groups in total. The van der Waals surface area contributed by atoms with Crippen LogP contribution < -0.4 is 0 Å². The van der Waals surface area contributed by atoms with E-state index in [1.54, 1.807) is 10.8 Å². The molecule has 1 unspecified atom stereocenters. The third kappa shape index (κ3) is 13.4. The van der Waals surface area contributed by atoms with E-state index in [0.717, 1.165) is 32.7 Å². The molecule has 0 aliphatic rings. The second-order valence-electron chi connectivity index (χ2n) is 4.99. The zero-order chi connectivity index (χ0) is 13.8. The summed E-state index contributed by atoms with van der Waals surface area (Å²) in [7, 11) is 3.79. The van der Waals surface area contributed by atoms with Crippen LogP contribution in [0.25, 0.3) is 0 Å². The van der Waals surface area contributed by atoms with Crippen LogP contribution in [0.5, 0.6) is 0 Å². The Balaban J connectivity index is 3.16. The van der Waals surface area contributed by atoms with E-state index in [9.17, 15) is 0 Å². The van der Waals surface area contributed by atoms with E-state index in [2.05, 4.69) is 50.1 Å². The zero-order valence-electron chi connectivity index (χ0n) is 12.0. The van der Waals surface area contributed by atoms with Crippen LogP contribution in [0.1, 0.15) is 39.5 Å². The second-order valence-corrected chi connectivity index (χ2v) is 7.52. The number of rotatable bonds is 12. The summed E-state index contributed by atoms with van der Waals surface area (Å²) in [6, 6.07) is 0. The fourth-order valence-electron chi connectivity index (χ4n) is 1.77. The van der Waals surface area contributed by atoms with E-state index in [4.69, 9.17) is 4.74 Å². The molecule has 0 radical (unpaired) electrons. The Hall–Kier alpha value is 0.970. The van der Waals surface area contributed by atoms with Crippen molar-refractivity contribution in [2.45, 2.75) is 50.0 Å². The smallest absolute Gasteiger partial charge is 0.0478 e. The summed E-state index contributed by atoms with van der Waals surface area (Å²) in [6.07, 6.45) is 4.76. The minimum Gasteiger partial charge on any atom is -0.381 e. The molecule has 18 heavy (non-hydrogen) atoms. The number of unbranched alkanes of at least 4 members (excludes halogenated alkanes) is 1. The van der Waals surface area contributed by atoms with Crippen molar-refractivity contribution in [2.24, 2.45) is 0 Å². The van der Waals surface area contributed by atoms with Gasteiger partial charge in [0.2, 0.25) is 0 Å². The van der Waals surface area contributed by atoms with Crippen molar-refractivity contribution in [3.05, 3.63) is 0 Å². The van der Waals surface area contributed by atoms with Gasteiger partial charge in [0.05, 0.1) is 0 Å². The molecule has 0 saturated heterocycles. The van der Waals surface area contributed by atoms with Crippen molar-refractivity contribution >= 4 is 35.1 Å². The van der Waals surface area contributed by atoms with Crippen LogP contribution in [0.15, 0.2) is 0 Å². The summed E-state index contributed by atoms with van der Waals surface area (Å²) >= 11 is 8.59. The topological polar surface area (TPSA) is 12.5 Å². The van der Waals surface area contributed by atoms with E-state index in [-0.39, 0.29) is 0 Å². The molecule has 0 aromatic carbocycles. The highest BCUT2D eigenvalue weighted by atomic mass is 33.1. The minimum atomic E-state index is 0.447. The number of hydrogen-bond acceptors (Lipinski definition) is 5. The molecule has 0 rings (SSSR count). The van der Waals surface area contributed by atoms with Gasteiger partial charge in [0, 0.05) is 36.8 Å². The molecule has 5 heteroatoms. The first-order valence-electron chi connectivity index (χ1n) is 6.80. The first-order valence-corrected chi connectivity index (χ1v) is 9.25. The third-order valence-electron chi connectivity index (χ3n) is 2.73. The van der Waals surface area contributed by atoms with E-state index >= 15 is 0 Å². The van der Waals surface area contributed by atoms with Gasteiger partial charge >= 0.3 is 0 Å². The summed E-state index contributed by atoms with van der Waals surface area (Å²) in [4.78, 5) is 2.31. The molecule has 0 amide bonds. The first kappa shape index (κ1) is 19.0. The average Bonchev–Trinajstić information content (AvgIpc) is 2.31. The summed E-state index contributed by atoms with van der Waals surface area (Å²) in [5.74, 6) is 0. The number of ether oxygens (including phenoxy) is 1. The SMILES string of the molecule is CC(CCCCOCCCN(C)C[C@H](C)S)SS. The maximum absolute atomic E-state index is 5.63. The Morgan fingerprint density at radius 3 is 2.44 bits per heavy atom. The maximum atomic E-state index is 5.63. The lowest BCUT2D eigenvalue weighted by molar-refractivity contribution is 0.120. The van der Waals surface area contributed by atoms with Crippen LogP contribution in [-0.2, 0) is 4.74 Å².